The summed E-state index contributed by atoms with van der Waals surface area (Å²) in [5, 5.41) is 7.84. The molecule has 184 valence electrons. The fourth-order valence-electron chi connectivity index (χ4n) is 4.39. The van der Waals surface area contributed by atoms with Crippen molar-refractivity contribution in [3.05, 3.63) is 83.8 Å². The summed E-state index contributed by atoms with van der Waals surface area (Å²) >= 11 is 0. The average Bonchev–Trinajstić information content (AvgIpc) is 3.36. The molecule has 1 N–H and O–H groups in total. The highest BCUT2D eigenvalue weighted by atomic mass is 16.5. The molecule has 1 amide bonds. The number of carbonyl (C=O) groups is 1. The van der Waals surface area contributed by atoms with E-state index in [2.05, 4.69) is 25.4 Å². The number of hydrogen-bond donors (Lipinski definition) is 1. The van der Waals surface area contributed by atoms with Crippen molar-refractivity contribution in [1.82, 2.24) is 25.4 Å². The minimum Gasteiger partial charge on any atom is -0.488 e. The van der Waals surface area contributed by atoms with Crippen molar-refractivity contribution in [2.45, 2.75) is 13.5 Å². The molecule has 0 fully saturated rings. The number of pyridine rings is 3. The van der Waals surface area contributed by atoms with E-state index in [0.29, 0.717) is 28.9 Å². The van der Waals surface area contributed by atoms with Crippen LogP contribution in [0.15, 0.2) is 71.5 Å². The number of aromatic nitrogens is 4. The van der Waals surface area contributed by atoms with Crippen LogP contribution in [0.3, 0.4) is 0 Å². The standard InChI is InChI=1S/C28H24N6O3/c1-17-12-19(15-29-14-17)22-13-21(24-25(33-37-28(24)32-22)18-6-4-3-5-7-18)27(35)30-16-20-8-9-23-26(31-20)34(2)10-11-36-23/h3-9,12-15H,10-11,16H2,1-2H3,(H,30,35). The number of aryl methyl sites for hydroxylation is 1. The third-order valence-electron chi connectivity index (χ3n) is 6.28. The van der Waals surface area contributed by atoms with E-state index < -0.39 is 0 Å². The summed E-state index contributed by atoms with van der Waals surface area (Å²) in [6, 6.07) is 17.1. The van der Waals surface area contributed by atoms with Crippen LogP contribution in [-0.2, 0) is 6.54 Å². The fourth-order valence-corrected chi connectivity index (χ4v) is 4.39. The first-order valence-corrected chi connectivity index (χ1v) is 12.0. The molecular formula is C28H24N6O3. The highest BCUT2D eigenvalue weighted by Crippen LogP contribution is 2.33. The molecule has 6 rings (SSSR count). The van der Waals surface area contributed by atoms with E-state index in [4.69, 9.17) is 9.26 Å². The number of carbonyl (C=O) groups excluding carboxylic acids is 1. The van der Waals surface area contributed by atoms with Crippen LogP contribution in [0.4, 0.5) is 5.82 Å². The molecule has 1 aromatic carbocycles. The normalized spacial score (nSPS) is 12.8. The van der Waals surface area contributed by atoms with Crippen LogP contribution < -0.4 is 15.0 Å². The van der Waals surface area contributed by atoms with Crippen molar-refractivity contribution in [2.75, 3.05) is 25.1 Å². The lowest BCUT2D eigenvalue weighted by molar-refractivity contribution is 0.0952. The Hall–Kier alpha value is -4.79. The van der Waals surface area contributed by atoms with E-state index in [0.717, 1.165) is 40.5 Å². The summed E-state index contributed by atoms with van der Waals surface area (Å²) in [6.07, 6.45) is 3.48. The second-order valence-electron chi connectivity index (χ2n) is 8.96. The highest BCUT2D eigenvalue weighted by Gasteiger charge is 2.23. The van der Waals surface area contributed by atoms with E-state index in [9.17, 15) is 4.79 Å². The van der Waals surface area contributed by atoms with Gasteiger partial charge >= 0.3 is 0 Å². The predicted molar refractivity (Wildman–Crippen MR) is 139 cm³/mol. The van der Waals surface area contributed by atoms with Gasteiger partial charge in [0.1, 0.15) is 12.3 Å². The van der Waals surface area contributed by atoms with Gasteiger partial charge in [-0.1, -0.05) is 35.5 Å². The lowest BCUT2D eigenvalue weighted by atomic mass is 10.0. The van der Waals surface area contributed by atoms with Crippen molar-refractivity contribution in [3.8, 4) is 28.3 Å². The molecule has 5 aromatic rings. The number of nitrogens with one attached hydrogen (secondary N) is 1. The van der Waals surface area contributed by atoms with Gasteiger partial charge in [0.05, 0.1) is 35.4 Å². The van der Waals surface area contributed by atoms with Crippen molar-refractivity contribution < 1.29 is 14.1 Å². The molecule has 0 radical (unpaired) electrons. The molecule has 0 bridgehead atoms. The Kier molecular flexibility index (Phi) is 5.72. The van der Waals surface area contributed by atoms with Crippen LogP contribution in [0.25, 0.3) is 33.6 Å². The van der Waals surface area contributed by atoms with Crippen LogP contribution >= 0.6 is 0 Å². The topological polar surface area (TPSA) is 106 Å². The number of likely N-dealkylation sites (N-methyl/N-ethyl adjacent to an activating group) is 1. The Morgan fingerprint density at radius 1 is 1.05 bits per heavy atom. The molecule has 1 aliphatic heterocycles. The average molecular weight is 493 g/mol. The highest BCUT2D eigenvalue weighted by molar-refractivity contribution is 6.10. The minimum atomic E-state index is -0.279. The zero-order valence-electron chi connectivity index (χ0n) is 20.4. The summed E-state index contributed by atoms with van der Waals surface area (Å²) in [6.45, 7) is 3.59. The zero-order valence-corrected chi connectivity index (χ0v) is 20.4. The molecule has 0 saturated carbocycles. The molecule has 0 spiro atoms. The lowest BCUT2D eigenvalue weighted by Gasteiger charge is -2.26. The second kappa shape index (κ2) is 9.34. The molecule has 1 aliphatic rings. The van der Waals surface area contributed by atoms with Crippen molar-refractivity contribution in [1.29, 1.82) is 0 Å². The zero-order chi connectivity index (χ0) is 25.4. The van der Waals surface area contributed by atoms with E-state index in [1.807, 2.05) is 67.4 Å². The Balaban J connectivity index is 1.39. The first-order chi connectivity index (χ1) is 18.1. The molecule has 0 unspecified atom stereocenters. The van der Waals surface area contributed by atoms with E-state index >= 15 is 0 Å². The maximum atomic E-state index is 13.6. The first-order valence-electron chi connectivity index (χ1n) is 12.0. The summed E-state index contributed by atoms with van der Waals surface area (Å²) in [4.78, 5) is 29.3. The number of ether oxygens (including phenoxy) is 1. The summed E-state index contributed by atoms with van der Waals surface area (Å²) in [5.41, 5.74) is 5.18. The summed E-state index contributed by atoms with van der Waals surface area (Å²) in [5.74, 6) is 1.23. The lowest BCUT2D eigenvalue weighted by Crippen LogP contribution is -2.30. The molecule has 9 heteroatoms. The van der Waals surface area contributed by atoms with Crippen LogP contribution in [0.5, 0.6) is 5.75 Å². The van der Waals surface area contributed by atoms with Crippen molar-refractivity contribution in [3.63, 3.8) is 0 Å². The van der Waals surface area contributed by atoms with E-state index in [-0.39, 0.29) is 18.2 Å². The van der Waals surface area contributed by atoms with Gasteiger partial charge in [0.15, 0.2) is 11.6 Å². The number of nitrogens with zero attached hydrogens (tertiary/aromatic N) is 5. The maximum absolute atomic E-state index is 13.6. The van der Waals surface area contributed by atoms with E-state index in [1.165, 1.54) is 0 Å². The third-order valence-corrected chi connectivity index (χ3v) is 6.28. The van der Waals surface area contributed by atoms with Gasteiger partial charge in [0.25, 0.3) is 11.6 Å². The quantitative estimate of drug-likeness (QED) is 0.385. The van der Waals surface area contributed by atoms with Gasteiger partial charge in [-0.3, -0.25) is 9.78 Å². The van der Waals surface area contributed by atoms with Crippen LogP contribution in [0.2, 0.25) is 0 Å². The molecule has 9 nitrogen and oxygen atoms in total. The monoisotopic (exact) mass is 492 g/mol. The first kappa shape index (κ1) is 22.7. The molecule has 0 atom stereocenters. The Labute approximate surface area is 213 Å². The van der Waals surface area contributed by atoms with Crippen LogP contribution in [0, 0.1) is 6.92 Å². The maximum Gasteiger partial charge on any atom is 0.259 e. The number of benzene rings is 1. The second-order valence-corrected chi connectivity index (χ2v) is 8.96. The van der Waals surface area contributed by atoms with Crippen LogP contribution in [-0.4, -0.2) is 46.2 Å². The van der Waals surface area contributed by atoms with E-state index in [1.54, 1.807) is 18.5 Å². The SMILES string of the molecule is Cc1cncc(-c2cc(C(=O)NCc3ccc4c(n3)N(C)CCO4)c3c(-c4ccccc4)noc3n2)c1. The summed E-state index contributed by atoms with van der Waals surface area (Å²) < 4.78 is 11.3. The van der Waals surface area contributed by atoms with Gasteiger partial charge in [-0.25, -0.2) is 9.97 Å². The van der Waals surface area contributed by atoms with Gasteiger partial charge in [-0.2, -0.15) is 0 Å². The Bertz CT molecular complexity index is 1620. The predicted octanol–water partition coefficient (Wildman–Crippen LogP) is 4.41. The molecule has 5 heterocycles. The number of hydrogen-bond acceptors (Lipinski definition) is 8. The Morgan fingerprint density at radius 2 is 1.92 bits per heavy atom. The van der Waals surface area contributed by atoms with Gasteiger partial charge < -0.3 is 19.5 Å². The third kappa shape index (κ3) is 4.35. The van der Waals surface area contributed by atoms with Crippen LogP contribution in [0.1, 0.15) is 21.6 Å². The van der Waals surface area contributed by atoms with Crippen molar-refractivity contribution in [2.24, 2.45) is 0 Å². The molecule has 4 aromatic heterocycles. The minimum absolute atomic E-state index is 0.247. The van der Waals surface area contributed by atoms with Gasteiger partial charge in [-0.05, 0) is 36.8 Å². The molecule has 0 aliphatic carbocycles. The number of fused-ring (bicyclic) bond motifs is 2. The summed E-state index contributed by atoms with van der Waals surface area (Å²) in [7, 11) is 1.98. The number of rotatable bonds is 5. The largest absolute Gasteiger partial charge is 0.488 e. The van der Waals surface area contributed by atoms with Crippen molar-refractivity contribution >= 4 is 22.8 Å². The molecule has 0 saturated heterocycles. The Morgan fingerprint density at radius 3 is 2.76 bits per heavy atom. The van der Waals surface area contributed by atoms with Gasteiger partial charge in [0, 0.05) is 30.6 Å². The van der Waals surface area contributed by atoms with Gasteiger partial charge in [-0.15, -0.1) is 0 Å². The fraction of sp³-hybridized carbons (Fsp3) is 0.179. The molecule has 37 heavy (non-hydrogen) atoms. The smallest absolute Gasteiger partial charge is 0.259 e. The molecular weight excluding hydrogens is 468 g/mol. The number of anilines is 1. The van der Waals surface area contributed by atoms with Gasteiger partial charge in [0.2, 0.25) is 0 Å². The number of amides is 1.